The standard InChI is InChI=1S/C44H25N3O/c45-26-28-17-19-42-39(21-28)37-13-5-7-15-41(37)47(42)33-23-31(29-18-20-44-40(25-29)38-14-6-8-16-43(38)48-44)22-32(24-33)35-11-3-4-12-36(35)34-10-2-1-9-30(34)27-46/h1-25H. The summed E-state index contributed by atoms with van der Waals surface area (Å²) in [5.41, 5.74) is 12.1. The Kier molecular flexibility index (Phi) is 6.22. The van der Waals surface area contributed by atoms with Gasteiger partial charge in [0, 0.05) is 32.8 Å². The Morgan fingerprint density at radius 2 is 1.12 bits per heavy atom. The Hall–Kier alpha value is -6.88. The summed E-state index contributed by atoms with van der Waals surface area (Å²) in [7, 11) is 0. The minimum absolute atomic E-state index is 0.630. The van der Waals surface area contributed by atoms with Crippen molar-refractivity contribution in [3.63, 3.8) is 0 Å². The molecule has 2 aromatic heterocycles. The van der Waals surface area contributed by atoms with Crippen LogP contribution < -0.4 is 0 Å². The van der Waals surface area contributed by atoms with E-state index in [1.807, 2.05) is 78.9 Å². The quantitative estimate of drug-likeness (QED) is 0.199. The van der Waals surface area contributed by atoms with Gasteiger partial charge in [0.1, 0.15) is 11.2 Å². The normalized spacial score (nSPS) is 11.3. The number of nitriles is 2. The highest BCUT2D eigenvalue weighted by Crippen LogP contribution is 2.40. The van der Waals surface area contributed by atoms with Crippen LogP contribution in [0.15, 0.2) is 156 Å². The van der Waals surface area contributed by atoms with Crippen LogP contribution in [0, 0.1) is 22.7 Å². The lowest BCUT2D eigenvalue weighted by atomic mass is 9.90. The van der Waals surface area contributed by atoms with Crippen LogP contribution in [0.3, 0.4) is 0 Å². The smallest absolute Gasteiger partial charge is 0.135 e. The number of hydrogen-bond acceptors (Lipinski definition) is 3. The van der Waals surface area contributed by atoms with E-state index in [0.29, 0.717) is 11.1 Å². The van der Waals surface area contributed by atoms with Gasteiger partial charge in [-0.1, -0.05) is 84.9 Å². The second-order valence-electron chi connectivity index (χ2n) is 12.0. The van der Waals surface area contributed by atoms with Crippen LogP contribution in [0.4, 0.5) is 0 Å². The van der Waals surface area contributed by atoms with E-state index in [1.165, 1.54) is 0 Å². The summed E-state index contributed by atoms with van der Waals surface area (Å²) >= 11 is 0. The van der Waals surface area contributed by atoms with Gasteiger partial charge in [-0.25, -0.2) is 0 Å². The zero-order valence-electron chi connectivity index (χ0n) is 25.7. The van der Waals surface area contributed by atoms with E-state index in [0.717, 1.165) is 82.8 Å². The van der Waals surface area contributed by atoms with Gasteiger partial charge in [0.25, 0.3) is 0 Å². The molecule has 0 atom stereocenters. The average Bonchev–Trinajstić information content (AvgIpc) is 3.69. The largest absolute Gasteiger partial charge is 0.456 e. The summed E-state index contributed by atoms with van der Waals surface area (Å²) in [6, 6.07) is 56.2. The lowest BCUT2D eigenvalue weighted by molar-refractivity contribution is 0.669. The Bertz CT molecular complexity index is 2820. The molecule has 222 valence electrons. The van der Waals surface area contributed by atoms with Crippen LogP contribution in [-0.4, -0.2) is 4.57 Å². The number of nitrogens with zero attached hydrogens (tertiary/aromatic N) is 3. The molecular formula is C44H25N3O. The Morgan fingerprint density at radius 3 is 1.98 bits per heavy atom. The molecule has 2 heterocycles. The minimum Gasteiger partial charge on any atom is -0.456 e. The fourth-order valence-corrected chi connectivity index (χ4v) is 7.07. The molecule has 9 rings (SSSR count). The van der Waals surface area contributed by atoms with Crippen LogP contribution in [0.5, 0.6) is 0 Å². The highest BCUT2D eigenvalue weighted by atomic mass is 16.3. The van der Waals surface area contributed by atoms with E-state index in [4.69, 9.17) is 4.42 Å². The molecule has 0 radical (unpaired) electrons. The average molecular weight is 612 g/mol. The van der Waals surface area contributed by atoms with Crippen molar-refractivity contribution in [1.82, 2.24) is 4.57 Å². The number of furan rings is 1. The molecule has 0 fully saturated rings. The predicted octanol–water partition coefficient (Wildman–Crippen LogP) is 11.4. The molecular weight excluding hydrogens is 587 g/mol. The van der Waals surface area contributed by atoms with Gasteiger partial charge in [0.15, 0.2) is 0 Å². The topological polar surface area (TPSA) is 65.7 Å². The summed E-state index contributed by atoms with van der Waals surface area (Å²) in [4.78, 5) is 0. The van der Waals surface area contributed by atoms with Gasteiger partial charge in [-0.15, -0.1) is 0 Å². The van der Waals surface area contributed by atoms with E-state index < -0.39 is 0 Å². The van der Waals surface area contributed by atoms with Crippen molar-refractivity contribution in [1.29, 1.82) is 10.5 Å². The Balaban J connectivity index is 1.35. The summed E-state index contributed by atoms with van der Waals surface area (Å²) < 4.78 is 8.46. The van der Waals surface area contributed by atoms with Crippen molar-refractivity contribution in [2.75, 3.05) is 0 Å². The van der Waals surface area contributed by atoms with Crippen LogP contribution >= 0.6 is 0 Å². The molecule has 0 spiro atoms. The van der Waals surface area contributed by atoms with Crippen molar-refractivity contribution in [2.24, 2.45) is 0 Å². The summed E-state index contributed by atoms with van der Waals surface area (Å²) in [5.74, 6) is 0. The first kappa shape index (κ1) is 27.4. The first-order valence-corrected chi connectivity index (χ1v) is 15.8. The van der Waals surface area contributed by atoms with E-state index in [1.54, 1.807) is 0 Å². The third-order valence-corrected chi connectivity index (χ3v) is 9.26. The SMILES string of the molecule is N#Cc1ccc2c(c1)c1ccccc1n2-c1cc(-c2ccc3oc4ccccc4c3c2)cc(-c2ccccc2-c2ccccc2C#N)c1. The molecule has 0 aliphatic heterocycles. The first-order valence-electron chi connectivity index (χ1n) is 15.8. The maximum absolute atomic E-state index is 10.0. The van der Waals surface area contributed by atoms with Crippen molar-refractivity contribution >= 4 is 43.7 Å². The molecule has 0 saturated carbocycles. The van der Waals surface area contributed by atoms with E-state index in [9.17, 15) is 10.5 Å². The molecule has 0 bridgehead atoms. The zero-order valence-corrected chi connectivity index (χ0v) is 25.7. The van der Waals surface area contributed by atoms with E-state index in [-0.39, 0.29) is 0 Å². The number of benzene rings is 7. The molecule has 9 aromatic rings. The maximum Gasteiger partial charge on any atom is 0.135 e. The molecule has 48 heavy (non-hydrogen) atoms. The van der Waals surface area contributed by atoms with Crippen LogP contribution in [0.2, 0.25) is 0 Å². The third-order valence-electron chi connectivity index (χ3n) is 9.26. The van der Waals surface area contributed by atoms with Gasteiger partial charge in [0.2, 0.25) is 0 Å². The lowest BCUT2D eigenvalue weighted by Crippen LogP contribution is -1.97. The monoisotopic (exact) mass is 611 g/mol. The number of para-hydroxylation sites is 2. The van der Waals surface area contributed by atoms with Crippen molar-refractivity contribution in [2.45, 2.75) is 0 Å². The molecule has 0 aliphatic carbocycles. The van der Waals surface area contributed by atoms with Crippen molar-refractivity contribution in [3.8, 4) is 51.2 Å². The molecule has 7 aromatic carbocycles. The first-order chi connectivity index (χ1) is 23.7. The maximum atomic E-state index is 10.0. The van der Waals surface area contributed by atoms with Gasteiger partial charge < -0.3 is 8.98 Å². The summed E-state index contributed by atoms with van der Waals surface area (Å²) in [6.45, 7) is 0. The molecule has 0 unspecified atom stereocenters. The zero-order chi connectivity index (χ0) is 32.2. The number of aromatic nitrogens is 1. The Labute approximate surface area is 276 Å². The van der Waals surface area contributed by atoms with Gasteiger partial charge in [0.05, 0.1) is 34.3 Å². The fourth-order valence-electron chi connectivity index (χ4n) is 7.07. The molecule has 0 N–H and O–H groups in total. The summed E-state index contributed by atoms with van der Waals surface area (Å²) in [5, 5.41) is 24.0. The molecule has 4 nitrogen and oxygen atoms in total. The number of fused-ring (bicyclic) bond motifs is 6. The van der Waals surface area contributed by atoms with E-state index >= 15 is 0 Å². The second-order valence-corrected chi connectivity index (χ2v) is 12.0. The fraction of sp³-hybridized carbons (Fsp3) is 0. The molecule has 0 amide bonds. The summed E-state index contributed by atoms with van der Waals surface area (Å²) in [6.07, 6.45) is 0. The van der Waals surface area contributed by atoms with Gasteiger partial charge in [-0.2, -0.15) is 10.5 Å². The predicted molar refractivity (Wildman–Crippen MR) is 194 cm³/mol. The van der Waals surface area contributed by atoms with Crippen LogP contribution in [0.25, 0.3) is 82.8 Å². The van der Waals surface area contributed by atoms with E-state index in [2.05, 4.69) is 89.5 Å². The van der Waals surface area contributed by atoms with Gasteiger partial charge in [-0.05, 0) is 94.5 Å². The second kappa shape index (κ2) is 10.9. The molecule has 4 heteroatoms. The lowest BCUT2D eigenvalue weighted by Gasteiger charge is -2.16. The van der Waals surface area contributed by atoms with Gasteiger partial charge >= 0.3 is 0 Å². The molecule has 0 saturated heterocycles. The van der Waals surface area contributed by atoms with Gasteiger partial charge in [-0.3, -0.25) is 0 Å². The van der Waals surface area contributed by atoms with Crippen molar-refractivity contribution in [3.05, 3.63) is 163 Å². The highest BCUT2D eigenvalue weighted by Gasteiger charge is 2.18. The Morgan fingerprint density at radius 1 is 0.438 bits per heavy atom. The minimum atomic E-state index is 0.630. The number of hydrogen-bond donors (Lipinski definition) is 0. The highest BCUT2D eigenvalue weighted by molar-refractivity contribution is 6.10. The van der Waals surface area contributed by atoms with Crippen molar-refractivity contribution < 1.29 is 4.42 Å². The number of rotatable bonds is 4. The van der Waals surface area contributed by atoms with Crippen LogP contribution in [-0.2, 0) is 0 Å². The third kappa shape index (κ3) is 4.29. The molecule has 0 aliphatic rings. The van der Waals surface area contributed by atoms with Crippen LogP contribution in [0.1, 0.15) is 11.1 Å².